The van der Waals surface area contributed by atoms with Crippen LogP contribution in [0.3, 0.4) is 0 Å². The standard InChI is InChI=1S/C21H26N4O3/c1-3-4-17-13-18(24-14(2)23-17)15-5-7-16(8-6-15)21(28)25-11-10-22-20(27)19(25)9-12-26/h5-8,13,19,26H,3-4,9-12H2,1-2H3,(H,22,27)/t19-/m0/s1. The number of amides is 2. The van der Waals surface area contributed by atoms with Crippen LogP contribution in [0, 0.1) is 6.92 Å². The molecule has 0 unspecified atom stereocenters. The fourth-order valence-electron chi connectivity index (χ4n) is 3.48. The predicted molar refractivity (Wildman–Crippen MR) is 106 cm³/mol. The van der Waals surface area contributed by atoms with Crippen molar-refractivity contribution >= 4 is 11.8 Å². The molecule has 1 aliphatic rings. The number of aromatic nitrogens is 2. The summed E-state index contributed by atoms with van der Waals surface area (Å²) in [5, 5.41) is 12.0. The molecule has 1 aromatic carbocycles. The summed E-state index contributed by atoms with van der Waals surface area (Å²) in [5.41, 5.74) is 3.28. The van der Waals surface area contributed by atoms with Crippen molar-refractivity contribution < 1.29 is 14.7 Å². The topological polar surface area (TPSA) is 95.4 Å². The number of carbonyl (C=O) groups excluding carboxylic acids is 2. The molecule has 2 amide bonds. The number of aliphatic hydroxyl groups is 1. The summed E-state index contributed by atoms with van der Waals surface area (Å²) >= 11 is 0. The molecule has 2 aromatic rings. The lowest BCUT2D eigenvalue weighted by molar-refractivity contribution is -0.128. The third-order valence-corrected chi connectivity index (χ3v) is 4.82. The van der Waals surface area contributed by atoms with Gasteiger partial charge >= 0.3 is 0 Å². The van der Waals surface area contributed by atoms with Crippen molar-refractivity contribution in [3.05, 3.63) is 47.4 Å². The van der Waals surface area contributed by atoms with E-state index in [0.717, 1.165) is 35.6 Å². The molecule has 1 aliphatic heterocycles. The van der Waals surface area contributed by atoms with E-state index >= 15 is 0 Å². The van der Waals surface area contributed by atoms with Gasteiger partial charge in [0.15, 0.2) is 0 Å². The van der Waals surface area contributed by atoms with Gasteiger partial charge in [0.25, 0.3) is 5.91 Å². The summed E-state index contributed by atoms with van der Waals surface area (Å²) in [6.45, 7) is 4.70. The van der Waals surface area contributed by atoms with Gasteiger partial charge in [-0.2, -0.15) is 0 Å². The molecule has 7 heteroatoms. The van der Waals surface area contributed by atoms with Crippen LogP contribution in [0.25, 0.3) is 11.3 Å². The smallest absolute Gasteiger partial charge is 0.254 e. The Morgan fingerprint density at radius 2 is 2.04 bits per heavy atom. The molecule has 1 atom stereocenters. The number of nitrogens with one attached hydrogen (secondary N) is 1. The van der Waals surface area contributed by atoms with Crippen LogP contribution in [0.15, 0.2) is 30.3 Å². The molecule has 148 valence electrons. The minimum Gasteiger partial charge on any atom is -0.396 e. The molecule has 2 heterocycles. The van der Waals surface area contributed by atoms with Gasteiger partial charge in [-0.25, -0.2) is 9.97 Å². The molecule has 2 N–H and O–H groups in total. The molecule has 0 saturated carbocycles. The fourth-order valence-corrected chi connectivity index (χ4v) is 3.48. The number of rotatable bonds is 6. The molecule has 0 bridgehead atoms. The molecule has 1 saturated heterocycles. The summed E-state index contributed by atoms with van der Waals surface area (Å²) < 4.78 is 0. The maximum atomic E-state index is 12.9. The first-order valence-electron chi connectivity index (χ1n) is 9.68. The lowest BCUT2D eigenvalue weighted by atomic mass is 10.0. The molecule has 7 nitrogen and oxygen atoms in total. The number of aliphatic hydroxyl groups excluding tert-OH is 1. The normalized spacial score (nSPS) is 16.8. The van der Waals surface area contributed by atoms with Gasteiger partial charge in [-0.05, 0) is 38.0 Å². The van der Waals surface area contributed by atoms with E-state index in [9.17, 15) is 14.7 Å². The maximum absolute atomic E-state index is 12.9. The Bertz CT molecular complexity index is 851. The van der Waals surface area contributed by atoms with Crippen molar-refractivity contribution in [3.8, 4) is 11.3 Å². The van der Waals surface area contributed by atoms with Gasteiger partial charge in [0.05, 0.1) is 5.69 Å². The van der Waals surface area contributed by atoms with Crippen LogP contribution in [0.4, 0.5) is 0 Å². The van der Waals surface area contributed by atoms with Crippen molar-refractivity contribution in [1.29, 1.82) is 0 Å². The third-order valence-electron chi connectivity index (χ3n) is 4.82. The molecular weight excluding hydrogens is 356 g/mol. The van der Waals surface area contributed by atoms with Gasteiger partial charge < -0.3 is 15.3 Å². The van der Waals surface area contributed by atoms with Crippen LogP contribution in [0.1, 0.15) is 41.6 Å². The van der Waals surface area contributed by atoms with Crippen LogP contribution in [-0.4, -0.2) is 57.5 Å². The van der Waals surface area contributed by atoms with Crippen molar-refractivity contribution in [3.63, 3.8) is 0 Å². The first kappa shape index (κ1) is 19.9. The third kappa shape index (κ3) is 4.36. The van der Waals surface area contributed by atoms with E-state index in [-0.39, 0.29) is 24.8 Å². The zero-order valence-electron chi connectivity index (χ0n) is 16.3. The average Bonchev–Trinajstić information content (AvgIpc) is 2.69. The Labute approximate surface area is 164 Å². The van der Waals surface area contributed by atoms with Crippen LogP contribution < -0.4 is 5.32 Å². The molecule has 0 aliphatic carbocycles. The van der Waals surface area contributed by atoms with Gasteiger partial charge in [0, 0.05) is 36.5 Å². The fraction of sp³-hybridized carbons (Fsp3) is 0.429. The Morgan fingerprint density at radius 3 is 2.71 bits per heavy atom. The lowest BCUT2D eigenvalue weighted by Crippen LogP contribution is -2.57. The molecule has 0 spiro atoms. The SMILES string of the molecule is CCCc1cc(-c2ccc(C(=O)N3CCNC(=O)[C@@H]3CCO)cc2)nc(C)n1. The van der Waals surface area contributed by atoms with E-state index in [4.69, 9.17) is 0 Å². The summed E-state index contributed by atoms with van der Waals surface area (Å²) in [7, 11) is 0. The Balaban J connectivity index is 1.82. The summed E-state index contributed by atoms with van der Waals surface area (Å²) in [6, 6.07) is 8.62. The van der Waals surface area contributed by atoms with Crippen LogP contribution >= 0.6 is 0 Å². The summed E-state index contributed by atoms with van der Waals surface area (Å²) in [5.74, 6) is 0.308. The number of piperazine rings is 1. The highest BCUT2D eigenvalue weighted by Crippen LogP contribution is 2.21. The van der Waals surface area contributed by atoms with Crippen molar-refractivity contribution in [2.75, 3.05) is 19.7 Å². The first-order chi connectivity index (χ1) is 13.5. The van der Waals surface area contributed by atoms with Crippen LogP contribution in [-0.2, 0) is 11.2 Å². The van der Waals surface area contributed by atoms with E-state index in [2.05, 4.69) is 22.2 Å². The van der Waals surface area contributed by atoms with E-state index in [1.165, 1.54) is 4.90 Å². The first-order valence-corrected chi connectivity index (χ1v) is 9.68. The van der Waals surface area contributed by atoms with Gasteiger partial charge in [-0.3, -0.25) is 9.59 Å². The van der Waals surface area contributed by atoms with Gasteiger partial charge in [-0.15, -0.1) is 0 Å². The second kappa shape index (κ2) is 8.93. The summed E-state index contributed by atoms with van der Waals surface area (Å²) in [6.07, 6.45) is 2.15. The molecule has 28 heavy (non-hydrogen) atoms. The molecule has 1 fully saturated rings. The zero-order chi connectivity index (χ0) is 20.1. The van der Waals surface area contributed by atoms with E-state index < -0.39 is 6.04 Å². The van der Waals surface area contributed by atoms with E-state index in [1.807, 2.05) is 25.1 Å². The summed E-state index contributed by atoms with van der Waals surface area (Å²) in [4.78, 5) is 35.5. The average molecular weight is 382 g/mol. The molecule has 3 rings (SSSR count). The van der Waals surface area contributed by atoms with Gasteiger partial charge in [0.1, 0.15) is 11.9 Å². The highest BCUT2D eigenvalue weighted by Gasteiger charge is 2.32. The van der Waals surface area contributed by atoms with Crippen molar-refractivity contribution in [1.82, 2.24) is 20.2 Å². The van der Waals surface area contributed by atoms with Crippen molar-refractivity contribution in [2.45, 2.75) is 39.2 Å². The van der Waals surface area contributed by atoms with E-state index in [1.54, 1.807) is 12.1 Å². The number of carbonyl (C=O) groups is 2. The minimum absolute atomic E-state index is 0.145. The second-order valence-electron chi connectivity index (χ2n) is 6.94. The Hall–Kier alpha value is -2.80. The van der Waals surface area contributed by atoms with Crippen molar-refractivity contribution in [2.24, 2.45) is 0 Å². The van der Waals surface area contributed by atoms with Gasteiger partial charge in [0.2, 0.25) is 5.91 Å². The number of aryl methyl sites for hydroxylation is 2. The minimum atomic E-state index is -0.632. The maximum Gasteiger partial charge on any atom is 0.254 e. The quantitative estimate of drug-likeness (QED) is 0.793. The Morgan fingerprint density at radius 1 is 1.29 bits per heavy atom. The van der Waals surface area contributed by atoms with Crippen LogP contribution in [0.5, 0.6) is 0 Å². The molecule has 1 aromatic heterocycles. The van der Waals surface area contributed by atoms with E-state index in [0.29, 0.717) is 18.7 Å². The zero-order valence-corrected chi connectivity index (χ0v) is 16.3. The largest absolute Gasteiger partial charge is 0.396 e. The number of hydrogen-bond acceptors (Lipinski definition) is 5. The molecule has 0 radical (unpaired) electrons. The Kier molecular flexibility index (Phi) is 6.36. The highest BCUT2D eigenvalue weighted by atomic mass is 16.3. The number of benzene rings is 1. The predicted octanol–water partition coefficient (Wildman–Crippen LogP) is 1.73. The lowest BCUT2D eigenvalue weighted by Gasteiger charge is -2.34. The number of nitrogens with zero attached hydrogens (tertiary/aromatic N) is 3. The van der Waals surface area contributed by atoms with Crippen LogP contribution in [0.2, 0.25) is 0 Å². The highest BCUT2D eigenvalue weighted by molar-refractivity contribution is 5.98. The monoisotopic (exact) mass is 382 g/mol. The molecular formula is C21H26N4O3. The van der Waals surface area contributed by atoms with Gasteiger partial charge in [-0.1, -0.05) is 25.5 Å². The second-order valence-corrected chi connectivity index (χ2v) is 6.94. The number of hydrogen-bond donors (Lipinski definition) is 2.